The minimum absolute atomic E-state index is 0.0266. The smallest absolute Gasteiger partial charge is 0.340 e. The molecule has 114 valence electrons. The highest BCUT2D eigenvalue weighted by Crippen LogP contribution is 2.24. The monoisotopic (exact) mass is 311 g/mol. The van der Waals surface area contributed by atoms with E-state index in [2.05, 4.69) is 15.1 Å². The summed E-state index contributed by atoms with van der Waals surface area (Å²) < 4.78 is 29.6. The van der Waals surface area contributed by atoms with Crippen molar-refractivity contribution in [3.05, 3.63) is 35.5 Å². The molecule has 2 aromatic rings. The lowest BCUT2D eigenvalue weighted by molar-refractivity contribution is -0.793. The third-order valence-electron chi connectivity index (χ3n) is 2.93. The van der Waals surface area contributed by atoms with Crippen LogP contribution in [0.1, 0.15) is 20.8 Å². The summed E-state index contributed by atoms with van der Waals surface area (Å²) in [5.41, 5.74) is 0.331. The number of hydrogen-bond donors (Lipinski definition) is 1. The van der Waals surface area contributed by atoms with Gasteiger partial charge in [0, 0.05) is 11.6 Å². The molecule has 0 fully saturated rings. The minimum Gasteiger partial charge on any atom is -0.359 e. The van der Waals surface area contributed by atoms with Crippen LogP contribution in [0, 0.1) is 5.21 Å². The van der Waals surface area contributed by atoms with Crippen molar-refractivity contribution in [2.24, 2.45) is 0 Å². The fourth-order valence-electron chi connectivity index (χ4n) is 1.97. The van der Waals surface area contributed by atoms with Crippen LogP contribution in [0.25, 0.3) is 11.3 Å². The van der Waals surface area contributed by atoms with Crippen LogP contribution >= 0.6 is 0 Å². The molecule has 1 atom stereocenters. The lowest BCUT2D eigenvalue weighted by atomic mass is 10.2. The molecule has 0 bridgehead atoms. The highest BCUT2D eigenvalue weighted by molar-refractivity contribution is 7.92. The van der Waals surface area contributed by atoms with Crippen molar-refractivity contribution in [3.63, 3.8) is 0 Å². The van der Waals surface area contributed by atoms with Gasteiger partial charge >= 0.3 is 5.03 Å². The molecular weight excluding hydrogens is 294 g/mol. The van der Waals surface area contributed by atoms with Crippen LogP contribution in [0.4, 0.5) is 0 Å². The van der Waals surface area contributed by atoms with Gasteiger partial charge < -0.3 is 5.21 Å². The van der Waals surface area contributed by atoms with Gasteiger partial charge in [0.25, 0.3) is 0 Å². The van der Waals surface area contributed by atoms with E-state index in [1.54, 1.807) is 30.3 Å². The molecule has 0 aliphatic heterocycles. The quantitative estimate of drug-likeness (QED) is 0.830. The topological polar surface area (TPSA) is 99.1 Å². The van der Waals surface area contributed by atoms with Crippen molar-refractivity contribution < 1.29 is 17.9 Å². The molecule has 0 radical (unpaired) electrons. The van der Waals surface area contributed by atoms with Crippen molar-refractivity contribution in [1.82, 2.24) is 10.5 Å². The molecule has 0 saturated heterocycles. The van der Waals surface area contributed by atoms with Gasteiger partial charge in [0.1, 0.15) is 5.37 Å². The lowest BCUT2D eigenvalue weighted by Crippen LogP contribution is -2.39. The van der Waals surface area contributed by atoms with Gasteiger partial charge in [-0.05, 0) is 25.7 Å². The van der Waals surface area contributed by atoms with Crippen LogP contribution in [0.15, 0.2) is 40.0 Å². The van der Waals surface area contributed by atoms with E-state index in [1.165, 1.54) is 6.92 Å². The molecule has 0 aliphatic carbocycles. The molecule has 0 amide bonds. The number of rotatable bonds is 5. The average Bonchev–Trinajstić information content (AvgIpc) is 2.81. The van der Waals surface area contributed by atoms with Gasteiger partial charge in [-0.2, -0.15) is 0 Å². The van der Waals surface area contributed by atoms with Gasteiger partial charge in [-0.15, -0.1) is 0 Å². The molecule has 2 rings (SSSR count). The summed E-state index contributed by atoms with van der Waals surface area (Å²) in [6, 6.07) is 8.40. The van der Waals surface area contributed by atoms with E-state index in [1.807, 2.05) is 13.8 Å². The maximum atomic E-state index is 12.5. The number of benzene rings is 1. The molecule has 1 aromatic heterocycles. The molecular formula is C13H17N3O4S. The Labute approximate surface area is 123 Å². The van der Waals surface area contributed by atoms with E-state index in [9.17, 15) is 13.6 Å². The SMILES string of the molecule is CC(C)NC(C)S(=O)(=O)c1no[n+]([O-])c1-c1ccccc1. The molecule has 1 heterocycles. The van der Waals surface area contributed by atoms with E-state index in [-0.39, 0.29) is 21.7 Å². The van der Waals surface area contributed by atoms with Crippen molar-refractivity contribution in [2.75, 3.05) is 0 Å². The average molecular weight is 311 g/mol. The van der Waals surface area contributed by atoms with Crippen molar-refractivity contribution in [2.45, 2.75) is 37.2 Å². The molecule has 7 nitrogen and oxygen atoms in total. The van der Waals surface area contributed by atoms with Crippen LogP contribution in [0.3, 0.4) is 0 Å². The first-order valence-corrected chi connectivity index (χ1v) is 8.03. The van der Waals surface area contributed by atoms with Gasteiger partial charge in [0.05, 0.1) is 5.16 Å². The van der Waals surface area contributed by atoms with Crippen molar-refractivity contribution >= 4 is 9.84 Å². The molecule has 8 heteroatoms. The van der Waals surface area contributed by atoms with Crippen LogP contribution in [0.2, 0.25) is 0 Å². The van der Waals surface area contributed by atoms with Gasteiger partial charge in [0.2, 0.25) is 15.5 Å². The predicted molar refractivity (Wildman–Crippen MR) is 75.8 cm³/mol. The summed E-state index contributed by atoms with van der Waals surface area (Å²) in [7, 11) is -3.83. The van der Waals surface area contributed by atoms with Gasteiger partial charge in [-0.25, -0.2) is 8.42 Å². The van der Waals surface area contributed by atoms with Crippen LogP contribution in [-0.2, 0) is 9.84 Å². The number of nitrogens with zero attached hydrogens (tertiary/aromatic N) is 2. The van der Waals surface area contributed by atoms with E-state index in [4.69, 9.17) is 0 Å². The van der Waals surface area contributed by atoms with Crippen LogP contribution in [0.5, 0.6) is 0 Å². The largest absolute Gasteiger partial charge is 0.359 e. The van der Waals surface area contributed by atoms with Crippen molar-refractivity contribution in [1.29, 1.82) is 0 Å². The Morgan fingerprint density at radius 1 is 1.24 bits per heavy atom. The first-order chi connectivity index (χ1) is 9.84. The molecule has 1 unspecified atom stereocenters. The van der Waals surface area contributed by atoms with E-state index < -0.39 is 15.2 Å². The lowest BCUT2D eigenvalue weighted by Gasteiger charge is -2.14. The second-order valence-electron chi connectivity index (χ2n) is 4.96. The summed E-state index contributed by atoms with van der Waals surface area (Å²) in [6.07, 6.45) is 0. The third-order valence-corrected chi connectivity index (χ3v) is 4.81. The molecule has 0 aliphatic rings. The van der Waals surface area contributed by atoms with Gasteiger partial charge in [-0.3, -0.25) is 9.95 Å². The number of hydrogen-bond acceptors (Lipinski definition) is 6. The predicted octanol–water partition coefficient (Wildman–Crippen LogP) is 1.09. The molecule has 0 saturated carbocycles. The van der Waals surface area contributed by atoms with Crippen LogP contribution < -0.4 is 10.2 Å². The molecule has 0 spiro atoms. The Balaban J connectivity index is 2.51. The maximum Gasteiger partial charge on any atom is 0.340 e. The number of sulfone groups is 1. The van der Waals surface area contributed by atoms with E-state index >= 15 is 0 Å². The summed E-state index contributed by atoms with van der Waals surface area (Å²) >= 11 is 0. The third kappa shape index (κ3) is 3.06. The Hall–Kier alpha value is -1.93. The second-order valence-corrected chi connectivity index (χ2v) is 7.14. The van der Waals surface area contributed by atoms with Crippen molar-refractivity contribution in [3.8, 4) is 11.3 Å². The summed E-state index contributed by atoms with van der Waals surface area (Å²) in [5, 5.41) is 16.8. The maximum absolute atomic E-state index is 12.5. The Morgan fingerprint density at radius 3 is 2.43 bits per heavy atom. The minimum atomic E-state index is -3.83. The van der Waals surface area contributed by atoms with Gasteiger partial charge in [0.15, 0.2) is 0 Å². The van der Waals surface area contributed by atoms with E-state index in [0.717, 1.165) is 0 Å². The summed E-state index contributed by atoms with van der Waals surface area (Å²) in [5.74, 6) is 0. The highest BCUT2D eigenvalue weighted by Gasteiger charge is 2.37. The fourth-order valence-corrected chi connectivity index (χ4v) is 3.36. The zero-order chi connectivity index (χ0) is 15.6. The zero-order valence-electron chi connectivity index (χ0n) is 12.0. The Kier molecular flexibility index (Phi) is 4.29. The molecule has 21 heavy (non-hydrogen) atoms. The highest BCUT2D eigenvalue weighted by atomic mass is 32.2. The summed E-state index contributed by atoms with van der Waals surface area (Å²) in [6.45, 7) is 5.18. The first-order valence-electron chi connectivity index (χ1n) is 6.49. The van der Waals surface area contributed by atoms with Gasteiger partial charge in [-0.1, -0.05) is 30.3 Å². The number of nitrogens with one attached hydrogen (secondary N) is 1. The second kappa shape index (κ2) is 5.82. The molecule has 1 N–H and O–H groups in total. The Morgan fingerprint density at radius 2 is 1.86 bits per heavy atom. The standard InChI is InChI=1S/C13H17N3O4S/c1-9(2)14-10(3)21(18,19)13-12(16(17)20-15-13)11-7-5-4-6-8-11/h4-10,14H,1-3H3. The first kappa shape index (κ1) is 15.5. The fraction of sp³-hybridized carbons (Fsp3) is 0.385. The number of aromatic nitrogens is 2. The normalized spacial score (nSPS) is 13.5. The van der Waals surface area contributed by atoms with E-state index in [0.29, 0.717) is 5.56 Å². The Bertz CT molecular complexity index is 710. The zero-order valence-corrected chi connectivity index (χ0v) is 12.8. The summed E-state index contributed by atoms with van der Waals surface area (Å²) in [4.78, 5) is 0.115. The van der Waals surface area contributed by atoms with Crippen LogP contribution in [-0.4, -0.2) is 25.0 Å². The molecule has 1 aromatic carbocycles.